The molecule has 0 fully saturated rings. The van der Waals surface area contributed by atoms with Crippen molar-refractivity contribution < 1.29 is 16.8 Å². The van der Waals surface area contributed by atoms with E-state index in [0.717, 1.165) is 12.4 Å². The van der Waals surface area contributed by atoms with Crippen LogP contribution in [0.4, 0.5) is 11.4 Å². The highest BCUT2D eigenvalue weighted by Crippen LogP contribution is 2.26. The van der Waals surface area contributed by atoms with Gasteiger partial charge in [0.05, 0.1) is 8.95 Å². The molecule has 0 amide bonds. The predicted octanol–water partition coefficient (Wildman–Crippen LogP) is 4.91. The number of hydrogen-bond donors (Lipinski definition) is 2. The van der Waals surface area contributed by atoms with Crippen LogP contribution in [0.15, 0.2) is 67.5 Å². The van der Waals surface area contributed by atoms with E-state index in [4.69, 9.17) is 23.2 Å². The number of aromatic nitrogens is 2. The summed E-state index contributed by atoms with van der Waals surface area (Å²) in [5, 5.41) is 0.266. The predicted molar refractivity (Wildman–Crippen MR) is 122 cm³/mol. The number of pyridine rings is 2. The van der Waals surface area contributed by atoms with E-state index in [1.165, 1.54) is 36.4 Å². The highest BCUT2D eigenvalue weighted by Gasteiger charge is 2.18. The number of nitrogens with zero attached hydrogens (tertiary/aromatic N) is 2. The van der Waals surface area contributed by atoms with Crippen molar-refractivity contribution in [3.63, 3.8) is 0 Å². The Hall–Kier alpha value is -1.44. The van der Waals surface area contributed by atoms with Gasteiger partial charge in [-0.3, -0.25) is 9.44 Å². The van der Waals surface area contributed by atoms with E-state index < -0.39 is 20.0 Å². The Morgan fingerprint density at radius 3 is 1.33 bits per heavy atom. The lowest BCUT2D eigenvalue weighted by Crippen LogP contribution is -2.14. The molecule has 30 heavy (non-hydrogen) atoms. The quantitative estimate of drug-likeness (QED) is 0.380. The van der Waals surface area contributed by atoms with Gasteiger partial charge in [-0.05, 0) is 68.3 Å². The SMILES string of the molecule is O=S(=O)(Nc1ccc(NS(=O)(=O)c2cnc(Cl)c(Br)c2)cc1)c1cnc(Cl)c(Br)c1. The van der Waals surface area contributed by atoms with Crippen molar-refractivity contribution >= 4 is 86.5 Å². The molecule has 2 aromatic heterocycles. The summed E-state index contributed by atoms with van der Waals surface area (Å²) in [6.45, 7) is 0. The summed E-state index contributed by atoms with van der Waals surface area (Å²) in [6, 6.07) is 8.26. The molecule has 0 radical (unpaired) electrons. The van der Waals surface area contributed by atoms with Gasteiger partial charge < -0.3 is 0 Å². The lowest BCUT2D eigenvalue weighted by molar-refractivity contribution is 0.599. The van der Waals surface area contributed by atoms with Crippen molar-refractivity contribution in [2.75, 3.05) is 9.44 Å². The van der Waals surface area contributed by atoms with E-state index in [2.05, 4.69) is 51.3 Å². The molecule has 1 aromatic carbocycles. The van der Waals surface area contributed by atoms with Crippen molar-refractivity contribution in [2.45, 2.75) is 9.79 Å². The molecule has 3 rings (SSSR count). The number of halogens is 4. The fourth-order valence-electron chi connectivity index (χ4n) is 2.14. The smallest absolute Gasteiger partial charge is 0.263 e. The fraction of sp³-hybridized carbons (Fsp3) is 0. The van der Waals surface area contributed by atoms with E-state index in [0.29, 0.717) is 8.95 Å². The first-order chi connectivity index (χ1) is 14.0. The van der Waals surface area contributed by atoms with Crippen LogP contribution in [-0.2, 0) is 20.0 Å². The number of hydrogen-bond acceptors (Lipinski definition) is 6. The first-order valence-corrected chi connectivity index (χ1v) is 13.1. The largest absolute Gasteiger partial charge is 0.280 e. The highest BCUT2D eigenvalue weighted by atomic mass is 79.9. The fourth-order valence-corrected chi connectivity index (χ4v) is 5.40. The van der Waals surface area contributed by atoms with Crippen LogP contribution in [0.1, 0.15) is 0 Å². The molecule has 158 valence electrons. The topological polar surface area (TPSA) is 118 Å². The average Bonchev–Trinajstić information content (AvgIpc) is 2.67. The molecule has 0 saturated carbocycles. The van der Waals surface area contributed by atoms with Crippen LogP contribution >= 0.6 is 55.1 Å². The molecule has 3 aromatic rings. The summed E-state index contributed by atoms with van der Waals surface area (Å²) in [5.74, 6) is 0. The van der Waals surface area contributed by atoms with Gasteiger partial charge in [-0.25, -0.2) is 26.8 Å². The first kappa shape index (κ1) is 23.2. The van der Waals surface area contributed by atoms with Crippen molar-refractivity contribution in [3.05, 3.63) is 68.0 Å². The molecule has 0 atom stereocenters. The number of anilines is 2. The zero-order chi connectivity index (χ0) is 22.1. The maximum absolute atomic E-state index is 12.5. The van der Waals surface area contributed by atoms with Gasteiger partial charge in [-0.2, -0.15) is 0 Å². The summed E-state index contributed by atoms with van der Waals surface area (Å²) in [6.07, 6.45) is 2.24. The Kier molecular flexibility index (Phi) is 6.94. The monoisotopic (exact) mass is 614 g/mol. The zero-order valence-corrected chi connectivity index (χ0v) is 20.8. The molecule has 0 bridgehead atoms. The Labute approximate surface area is 199 Å². The van der Waals surface area contributed by atoms with Crippen molar-refractivity contribution in [2.24, 2.45) is 0 Å². The van der Waals surface area contributed by atoms with Crippen LogP contribution in [-0.4, -0.2) is 26.8 Å². The zero-order valence-electron chi connectivity index (χ0n) is 14.5. The Balaban J connectivity index is 1.77. The second-order valence-electron chi connectivity index (χ2n) is 5.68. The van der Waals surface area contributed by atoms with Gasteiger partial charge in [-0.1, -0.05) is 23.2 Å². The molecule has 8 nitrogen and oxygen atoms in total. The molecule has 0 spiro atoms. The number of nitrogens with one attached hydrogen (secondary N) is 2. The third-order valence-electron chi connectivity index (χ3n) is 3.55. The van der Waals surface area contributed by atoms with E-state index in [1.807, 2.05) is 0 Å². The van der Waals surface area contributed by atoms with Gasteiger partial charge in [0.1, 0.15) is 20.1 Å². The van der Waals surface area contributed by atoms with Gasteiger partial charge in [0, 0.05) is 23.8 Å². The third-order valence-corrected chi connectivity index (χ3v) is 8.52. The van der Waals surface area contributed by atoms with Crippen LogP contribution in [0.25, 0.3) is 0 Å². The summed E-state index contributed by atoms with van der Waals surface area (Å²) in [5.41, 5.74) is 0.444. The minimum Gasteiger partial charge on any atom is -0.280 e. The normalized spacial score (nSPS) is 11.9. The second kappa shape index (κ2) is 8.97. The summed E-state index contributed by atoms with van der Waals surface area (Å²) >= 11 is 17.8. The summed E-state index contributed by atoms with van der Waals surface area (Å²) in [4.78, 5) is 7.39. The Bertz CT molecular complexity index is 1220. The number of benzene rings is 1. The Morgan fingerprint density at radius 2 is 1.03 bits per heavy atom. The third kappa shape index (κ3) is 5.42. The average molecular weight is 617 g/mol. The van der Waals surface area contributed by atoms with Gasteiger partial charge in [-0.15, -0.1) is 0 Å². The van der Waals surface area contributed by atoms with Crippen LogP contribution in [0.5, 0.6) is 0 Å². The molecule has 0 aliphatic heterocycles. The molecular formula is C16H10Br2Cl2N4O4S2. The minimum absolute atomic E-state index is 0.0932. The van der Waals surface area contributed by atoms with Crippen LogP contribution in [0.2, 0.25) is 10.3 Å². The lowest BCUT2D eigenvalue weighted by Gasteiger charge is -2.11. The van der Waals surface area contributed by atoms with Crippen LogP contribution in [0.3, 0.4) is 0 Å². The molecule has 2 N–H and O–H groups in total. The van der Waals surface area contributed by atoms with Crippen LogP contribution in [0, 0.1) is 0 Å². The number of rotatable bonds is 6. The minimum atomic E-state index is -3.92. The highest BCUT2D eigenvalue weighted by molar-refractivity contribution is 9.10. The lowest BCUT2D eigenvalue weighted by atomic mass is 10.3. The van der Waals surface area contributed by atoms with E-state index in [1.54, 1.807) is 0 Å². The van der Waals surface area contributed by atoms with Crippen molar-refractivity contribution in [3.8, 4) is 0 Å². The van der Waals surface area contributed by atoms with Crippen LogP contribution < -0.4 is 9.44 Å². The molecule has 14 heteroatoms. The van der Waals surface area contributed by atoms with Crippen molar-refractivity contribution in [1.82, 2.24) is 9.97 Å². The maximum atomic E-state index is 12.5. The van der Waals surface area contributed by atoms with E-state index >= 15 is 0 Å². The molecule has 2 heterocycles. The summed E-state index contributed by atoms with van der Waals surface area (Å²) in [7, 11) is -7.84. The van der Waals surface area contributed by atoms with E-state index in [9.17, 15) is 16.8 Å². The van der Waals surface area contributed by atoms with Gasteiger partial charge >= 0.3 is 0 Å². The van der Waals surface area contributed by atoms with Gasteiger partial charge in [0.25, 0.3) is 20.0 Å². The summed E-state index contributed by atoms with van der Waals surface area (Å²) < 4.78 is 55.3. The van der Waals surface area contributed by atoms with E-state index in [-0.39, 0.29) is 31.5 Å². The molecule has 0 saturated heterocycles. The maximum Gasteiger partial charge on any atom is 0.263 e. The Morgan fingerprint density at radius 1 is 0.700 bits per heavy atom. The van der Waals surface area contributed by atoms with Gasteiger partial charge in [0.2, 0.25) is 0 Å². The number of sulfonamides is 2. The van der Waals surface area contributed by atoms with Gasteiger partial charge in [0.15, 0.2) is 0 Å². The second-order valence-corrected chi connectivity index (χ2v) is 11.5. The molecular weight excluding hydrogens is 607 g/mol. The molecule has 0 unspecified atom stereocenters. The first-order valence-electron chi connectivity index (χ1n) is 7.76. The molecule has 0 aliphatic rings. The standard InChI is InChI=1S/C16H10Br2Cl2N4O4S2/c17-13-5-11(7-21-15(13)19)29(25,26)23-9-1-2-10(4-3-9)24-30(27,28)12-6-14(18)16(20)22-8-12/h1-8,23-24H. The molecule has 0 aliphatic carbocycles. The van der Waals surface area contributed by atoms with Crippen molar-refractivity contribution in [1.29, 1.82) is 0 Å².